The minimum Gasteiger partial charge on any atom is -0.385 e. The number of carbonyl (C=O) groups is 1. The molecule has 114 valence electrons. The van der Waals surface area contributed by atoms with Crippen LogP contribution in [0.15, 0.2) is 0 Å². The van der Waals surface area contributed by atoms with Crippen molar-refractivity contribution >= 4 is 5.91 Å². The molecule has 0 aliphatic rings. The first-order chi connectivity index (χ1) is 9.11. The van der Waals surface area contributed by atoms with Crippen LogP contribution in [0.1, 0.15) is 13.3 Å². The van der Waals surface area contributed by atoms with E-state index >= 15 is 0 Å². The second-order valence-electron chi connectivity index (χ2n) is 4.61. The third-order valence-corrected chi connectivity index (χ3v) is 2.84. The van der Waals surface area contributed by atoms with Gasteiger partial charge in [0.15, 0.2) is 0 Å². The number of hydrogen-bond donors (Lipinski definition) is 2. The molecule has 0 aliphatic heterocycles. The summed E-state index contributed by atoms with van der Waals surface area (Å²) in [5.74, 6) is 0.0376. The predicted octanol–water partition coefficient (Wildman–Crippen LogP) is -0.305. The highest BCUT2D eigenvalue weighted by molar-refractivity contribution is 5.81. The Balaban J connectivity index is 3.55. The molecule has 6 nitrogen and oxygen atoms in total. The number of rotatable bonds is 12. The third kappa shape index (κ3) is 10.9. The van der Waals surface area contributed by atoms with Crippen LogP contribution in [0.2, 0.25) is 0 Å². The summed E-state index contributed by atoms with van der Waals surface area (Å²) in [4.78, 5) is 13.9. The van der Waals surface area contributed by atoms with Crippen LogP contribution in [0.4, 0.5) is 0 Å². The molecule has 0 aromatic rings. The van der Waals surface area contributed by atoms with E-state index in [1.54, 1.807) is 14.2 Å². The highest BCUT2D eigenvalue weighted by Crippen LogP contribution is 1.86. The fourth-order valence-corrected chi connectivity index (χ4v) is 1.50. The van der Waals surface area contributed by atoms with Crippen molar-refractivity contribution in [2.45, 2.75) is 19.4 Å². The zero-order chi connectivity index (χ0) is 14.5. The first-order valence-electron chi connectivity index (χ1n) is 6.79. The number of nitrogens with one attached hydrogen (secondary N) is 2. The Bertz CT molecular complexity index is 227. The van der Waals surface area contributed by atoms with Crippen molar-refractivity contribution < 1.29 is 14.3 Å². The number of methoxy groups -OCH3 is 2. The van der Waals surface area contributed by atoms with Crippen LogP contribution in [0, 0.1) is 0 Å². The highest BCUT2D eigenvalue weighted by Gasteiger charge is 2.11. The molecule has 2 N–H and O–H groups in total. The van der Waals surface area contributed by atoms with Gasteiger partial charge in [-0.3, -0.25) is 4.79 Å². The standard InChI is InChI=1S/C13H29N3O3/c1-12(13(17)15-6-5-10-18-3)14-7-8-16(2)9-11-19-4/h12,14H,5-11H2,1-4H3,(H,15,17). The number of likely N-dealkylation sites (N-methyl/N-ethyl adjacent to an activating group) is 1. The van der Waals surface area contributed by atoms with Gasteiger partial charge in [0.25, 0.3) is 0 Å². The van der Waals surface area contributed by atoms with Gasteiger partial charge in [0, 0.05) is 47.0 Å². The summed E-state index contributed by atoms with van der Waals surface area (Å²) in [6.07, 6.45) is 0.842. The van der Waals surface area contributed by atoms with Gasteiger partial charge in [-0.2, -0.15) is 0 Å². The molecule has 0 aromatic heterocycles. The lowest BCUT2D eigenvalue weighted by atomic mass is 10.3. The van der Waals surface area contributed by atoms with E-state index in [4.69, 9.17) is 9.47 Å². The monoisotopic (exact) mass is 275 g/mol. The largest absolute Gasteiger partial charge is 0.385 e. The van der Waals surface area contributed by atoms with E-state index in [0.29, 0.717) is 13.2 Å². The second kappa shape index (κ2) is 12.3. The van der Waals surface area contributed by atoms with Crippen LogP contribution in [-0.2, 0) is 14.3 Å². The molecule has 1 atom stereocenters. The maximum Gasteiger partial charge on any atom is 0.236 e. The summed E-state index contributed by atoms with van der Waals surface area (Å²) < 4.78 is 9.93. The zero-order valence-corrected chi connectivity index (χ0v) is 12.7. The van der Waals surface area contributed by atoms with E-state index in [2.05, 4.69) is 15.5 Å². The number of carbonyl (C=O) groups excluding carboxylic acids is 1. The van der Waals surface area contributed by atoms with Gasteiger partial charge in [0.2, 0.25) is 5.91 Å². The number of nitrogens with zero attached hydrogens (tertiary/aromatic N) is 1. The van der Waals surface area contributed by atoms with Gasteiger partial charge >= 0.3 is 0 Å². The first-order valence-corrected chi connectivity index (χ1v) is 6.79. The molecule has 0 radical (unpaired) electrons. The summed E-state index contributed by atoms with van der Waals surface area (Å²) in [7, 11) is 5.39. The molecule has 0 bridgehead atoms. The van der Waals surface area contributed by atoms with E-state index < -0.39 is 0 Å². The van der Waals surface area contributed by atoms with E-state index in [-0.39, 0.29) is 11.9 Å². The van der Waals surface area contributed by atoms with Gasteiger partial charge in [-0.25, -0.2) is 0 Å². The van der Waals surface area contributed by atoms with Crippen LogP contribution in [0.3, 0.4) is 0 Å². The summed E-state index contributed by atoms with van der Waals surface area (Å²) in [6, 6.07) is -0.168. The lowest BCUT2D eigenvalue weighted by Gasteiger charge is -2.18. The molecule has 0 rings (SSSR count). The Labute approximate surface area is 116 Å². The molecule has 0 heterocycles. The number of hydrogen-bond acceptors (Lipinski definition) is 5. The summed E-state index contributed by atoms with van der Waals surface area (Å²) >= 11 is 0. The minimum atomic E-state index is -0.168. The lowest BCUT2D eigenvalue weighted by molar-refractivity contribution is -0.122. The maximum absolute atomic E-state index is 11.7. The van der Waals surface area contributed by atoms with Crippen LogP contribution in [-0.4, -0.2) is 77.5 Å². The zero-order valence-electron chi connectivity index (χ0n) is 12.7. The molecule has 1 amide bonds. The van der Waals surface area contributed by atoms with Crippen molar-refractivity contribution in [2.75, 3.05) is 60.7 Å². The molecule has 0 saturated heterocycles. The van der Waals surface area contributed by atoms with Crippen molar-refractivity contribution in [1.29, 1.82) is 0 Å². The van der Waals surface area contributed by atoms with Crippen molar-refractivity contribution in [3.63, 3.8) is 0 Å². The van der Waals surface area contributed by atoms with Crippen molar-refractivity contribution in [2.24, 2.45) is 0 Å². The van der Waals surface area contributed by atoms with Gasteiger partial charge in [-0.1, -0.05) is 0 Å². The SMILES string of the molecule is COCCCNC(=O)C(C)NCCN(C)CCOC. The van der Waals surface area contributed by atoms with Crippen molar-refractivity contribution in [3.05, 3.63) is 0 Å². The summed E-state index contributed by atoms with van der Waals surface area (Å²) in [5.41, 5.74) is 0. The smallest absolute Gasteiger partial charge is 0.236 e. The molecule has 0 aromatic carbocycles. The van der Waals surface area contributed by atoms with Gasteiger partial charge in [0.05, 0.1) is 12.6 Å². The van der Waals surface area contributed by atoms with Gasteiger partial charge in [-0.05, 0) is 20.4 Å². The van der Waals surface area contributed by atoms with Crippen molar-refractivity contribution in [3.8, 4) is 0 Å². The molecular weight excluding hydrogens is 246 g/mol. The number of ether oxygens (including phenoxy) is 2. The molecule has 0 saturated carbocycles. The molecule has 1 unspecified atom stereocenters. The molecule has 6 heteroatoms. The van der Waals surface area contributed by atoms with Crippen LogP contribution in [0.25, 0.3) is 0 Å². The fourth-order valence-electron chi connectivity index (χ4n) is 1.50. The molecule has 0 spiro atoms. The summed E-state index contributed by atoms with van der Waals surface area (Å²) in [5, 5.41) is 6.08. The van der Waals surface area contributed by atoms with E-state index in [0.717, 1.165) is 32.7 Å². The van der Waals surface area contributed by atoms with E-state index in [1.165, 1.54) is 0 Å². The molecule has 0 fully saturated rings. The Morgan fingerprint density at radius 3 is 2.47 bits per heavy atom. The van der Waals surface area contributed by atoms with Gasteiger partial charge < -0.3 is 25.0 Å². The topological polar surface area (TPSA) is 62.8 Å². The molecule has 19 heavy (non-hydrogen) atoms. The second-order valence-corrected chi connectivity index (χ2v) is 4.61. The quantitative estimate of drug-likeness (QED) is 0.479. The van der Waals surface area contributed by atoms with Crippen LogP contribution < -0.4 is 10.6 Å². The molecular formula is C13H29N3O3. The normalized spacial score (nSPS) is 12.7. The van der Waals surface area contributed by atoms with Gasteiger partial charge in [-0.15, -0.1) is 0 Å². The van der Waals surface area contributed by atoms with E-state index in [9.17, 15) is 4.79 Å². The lowest BCUT2D eigenvalue weighted by Crippen LogP contribution is -2.45. The highest BCUT2D eigenvalue weighted by atomic mass is 16.5. The van der Waals surface area contributed by atoms with E-state index in [1.807, 2.05) is 14.0 Å². The Kier molecular flexibility index (Phi) is 11.9. The van der Waals surface area contributed by atoms with Gasteiger partial charge in [0.1, 0.15) is 0 Å². The molecule has 0 aliphatic carbocycles. The third-order valence-electron chi connectivity index (χ3n) is 2.84. The maximum atomic E-state index is 11.7. The Morgan fingerprint density at radius 2 is 1.84 bits per heavy atom. The Morgan fingerprint density at radius 1 is 1.16 bits per heavy atom. The fraction of sp³-hybridized carbons (Fsp3) is 0.923. The summed E-state index contributed by atoms with van der Waals surface area (Å²) in [6.45, 7) is 6.51. The Hall–Kier alpha value is -0.690. The average molecular weight is 275 g/mol. The first kappa shape index (κ1) is 18.3. The van der Waals surface area contributed by atoms with Crippen LogP contribution >= 0.6 is 0 Å². The predicted molar refractivity (Wildman–Crippen MR) is 76.3 cm³/mol. The van der Waals surface area contributed by atoms with Crippen molar-refractivity contribution in [1.82, 2.24) is 15.5 Å². The minimum absolute atomic E-state index is 0.0376. The average Bonchev–Trinajstić information content (AvgIpc) is 2.40. The van der Waals surface area contributed by atoms with Crippen LogP contribution in [0.5, 0.6) is 0 Å². The number of amides is 1.